The Morgan fingerprint density at radius 1 is 0.815 bits per heavy atom. The van der Waals surface area contributed by atoms with Crippen molar-refractivity contribution in [2.24, 2.45) is 0 Å². The van der Waals surface area contributed by atoms with E-state index in [0.29, 0.717) is 11.5 Å². The molecule has 0 aliphatic heterocycles. The van der Waals surface area contributed by atoms with E-state index < -0.39 is 28.7 Å². The highest BCUT2D eigenvalue weighted by molar-refractivity contribution is 7.91. The van der Waals surface area contributed by atoms with Crippen LogP contribution < -0.4 is 9.47 Å². The van der Waals surface area contributed by atoms with Crippen LogP contribution in [0.3, 0.4) is 0 Å². The first kappa shape index (κ1) is 21.5. The summed E-state index contributed by atoms with van der Waals surface area (Å²) in [6, 6.07) is 11.6. The number of aliphatic hydroxyl groups excluding tert-OH is 3. The second-order valence-corrected chi connectivity index (χ2v) is 7.97. The van der Waals surface area contributed by atoms with Crippen molar-refractivity contribution in [3.8, 4) is 11.5 Å². The van der Waals surface area contributed by atoms with Crippen LogP contribution in [0.4, 0.5) is 0 Å². The van der Waals surface area contributed by atoms with Crippen molar-refractivity contribution in [3.63, 3.8) is 0 Å². The van der Waals surface area contributed by atoms with Gasteiger partial charge in [-0.05, 0) is 48.5 Å². The zero-order chi connectivity index (χ0) is 19.9. The molecule has 0 saturated carbocycles. The Morgan fingerprint density at radius 2 is 1.22 bits per heavy atom. The van der Waals surface area contributed by atoms with Crippen LogP contribution in [0.2, 0.25) is 0 Å². The molecule has 0 saturated heterocycles. The molecule has 148 valence electrons. The first-order chi connectivity index (χ1) is 12.9. The molecular formula is C18H21ClO7S. The van der Waals surface area contributed by atoms with Crippen LogP contribution in [0.25, 0.3) is 0 Å². The van der Waals surface area contributed by atoms with Gasteiger partial charge in [0.15, 0.2) is 0 Å². The Morgan fingerprint density at radius 3 is 1.59 bits per heavy atom. The average molecular weight is 417 g/mol. The molecule has 0 heterocycles. The summed E-state index contributed by atoms with van der Waals surface area (Å²) in [6.45, 7) is -0.498. The van der Waals surface area contributed by atoms with E-state index in [9.17, 15) is 18.6 Å². The molecule has 27 heavy (non-hydrogen) atoms. The van der Waals surface area contributed by atoms with Gasteiger partial charge in [0.2, 0.25) is 9.84 Å². The number of ether oxygens (including phenoxy) is 2. The lowest BCUT2D eigenvalue weighted by Gasteiger charge is -2.11. The number of benzene rings is 2. The van der Waals surface area contributed by atoms with Crippen molar-refractivity contribution in [1.29, 1.82) is 0 Å². The van der Waals surface area contributed by atoms with E-state index in [2.05, 4.69) is 0 Å². The normalized spacial score (nSPS) is 13.8. The van der Waals surface area contributed by atoms with Crippen molar-refractivity contribution in [2.75, 3.05) is 25.7 Å². The predicted molar refractivity (Wildman–Crippen MR) is 99.1 cm³/mol. The van der Waals surface area contributed by atoms with Gasteiger partial charge in [-0.25, -0.2) is 8.42 Å². The molecule has 0 spiro atoms. The summed E-state index contributed by atoms with van der Waals surface area (Å²) < 4.78 is 35.9. The zero-order valence-electron chi connectivity index (χ0n) is 14.4. The van der Waals surface area contributed by atoms with E-state index in [1.807, 2.05) is 0 Å². The van der Waals surface area contributed by atoms with Crippen molar-refractivity contribution in [2.45, 2.75) is 22.0 Å². The number of alkyl halides is 1. The topological polar surface area (TPSA) is 113 Å². The summed E-state index contributed by atoms with van der Waals surface area (Å²) in [4.78, 5) is 0.181. The number of rotatable bonds is 10. The number of hydrogen-bond acceptors (Lipinski definition) is 7. The lowest BCUT2D eigenvalue weighted by atomic mass is 10.3. The molecule has 7 nitrogen and oxygen atoms in total. The largest absolute Gasteiger partial charge is 0.491 e. The zero-order valence-corrected chi connectivity index (χ0v) is 15.9. The molecule has 2 rings (SSSR count). The third-order valence-electron chi connectivity index (χ3n) is 3.54. The number of halogens is 1. The predicted octanol–water partition coefficient (Wildman–Crippen LogP) is 1.23. The smallest absolute Gasteiger partial charge is 0.206 e. The fraction of sp³-hybridized carbons (Fsp3) is 0.333. The van der Waals surface area contributed by atoms with Gasteiger partial charge in [0, 0.05) is 0 Å². The fourth-order valence-electron chi connectivity index (χ4n) is 2.05. The third-order valence-corrected chi connectivity index (χ3v) is 5.68. The molecule has 0 bridgehead atoms. The van der Waals surface area contributed by atoms with Crippen LogP contribution in [0.1, 0.15) is 0 Å². The highest BCUT2D eigenvalue weighted by Gasteiger charge is 2.18. The van der Waals surface area contributed by atoms with E-state index in [1.165, 1.54) is 48.5 Å². The van der Waals surface area contributed by atoms with Gasteiger partial charge in [0.05, 0.1) is 22.3 Å². The molecule has 0 unspecified atom stereocenters. The number of hydrogen-bond donors (Lipinski definition) is 3. The molecule has 0 amide bonds. The molecule has 9 heteroatoms. The van der Waals surface area contributed by atoms with Crippen molar-refractivity contribution in [1.82, 2.24) is 0 Å². The second-order valence-electron chi connectivity index (χ2n) is 5.71. The van der Waals surface area contributed by atoms with Gasteiger partial charge in [-0.15, -0.1) is 11.6 Å². The summed E-state index contributed by atoms with van der Waals surface area (Å²) in [5.74, 6) is 0.845. The minimum Gasteiger partial charge on any atom is -0.491 e. The SMILES string of the molecule is O=S(=O)(c1ccc(OC[C@H](O)CCl)cc1)c1ccc(OC[C@@H](O)CO)cc1. The Labute approximate surface area is 162 Å². The van der Waals surface area contributed by atoms with Crippen molar-refractivity contribution in [3.05, 3.63) is 48.5 Å². The Balaban J connectivity index is 2.06. The minimum atomic E-state index is -3.72. The molecule has 0 aliphatic carbocycles. The average Bonchev–Trinajstić information content (AvgIpc) is 2.70. The van der Waals surface area contributed by atoms with Crippen LogP contribution in [0.15, 0.2) is 58.3 Å². The summed E-state index contributed by atoms with van der Waals surface area (Å²) in [5.41, 5.74) is 0. The molecule has 0 fully saturated rings. The fourth-order valence-corrected chi connectivity index (χ4v) is 3.40. The van der Waals surface area contributed by atoms with Gasteiger partial charge >= 0.3 is 0 Å². The van der Waals surface area contributed by atoms with Gasteiger partial charge in [0.1, 0.15) is 36.9 Å². The Kier molecular flexibility index (Phi) is 7.88. The Bertz CT molecular complexity index is 743. The molecule has 0 aromatic heterocycles. The maximum absolute atomic E-state index is 12.7. The van der Waals surface area contributed by atoms with Gasteiger partial charge in [0.25, 0.3) is 0 Å². The summed E-state index contributed by atoms with van der Waals surface area (Å²) in [5, 5.41) is 27.4. The number of aliphatic hydroxyl groups is 3. The molecule has 0 aliphatic rings. The van der Waals surface area contributed by atoms with E-state index in [4.69, 9.17) is 26.2 Å². The van der Waals surface area contributed by atoms with Crippen LogP contribution in [0.5, 0.6) is 11.5 Å². The molecule has 2 aromatic rings. The second kappa shape index (κ2) is 9.91. The third kappa shape index (κ3) is 6.08. The summed E-state index contributed by atoms with van der Waals surface area (Å²) in [7, 11) is -3.72. The summed E-state index contributed by atoms with van der Waals surface area (Å²) in [6.07, 6.45) is -1.80. The molecule has 2 atom stereocenters. The monoisotopic (exact) mass is 416 g/mol. The maximum atomic E-state index is 12.7. The standard InChI is InChI=1S/C18H21ClO7S/c19-9-13(21)11-25-15-1-5-17(6-2-15)27(23,24)18-7-3-16(4-8-18)26-12-14(22)10-20/h1-8,13-14,20-22H,9-12H2/t13-,14+/m1/s1. The first-order valence-corrected chi connectivity index (χ1v) is 10.1. The quantitative estimate of drug-likeness (QED) is 0.499. The number of sulfone groups is 1. The van der Waals surface area contributed by atoms with Crippen molar-refractivity contribution >= 4 is 21.4 Å². The maximum Gasteiger partial charge on any atom is 0.206 e. The van der Waals surface area contributed by atoms with Crippen LogP contribution in [0, 0.1) is 0 Å². The van der Waals surface area contributed by atoms with E-state index in [-0.39, 0.29) is 28.9 Å². The van der Waals surface area contributed by atoms with Gasteiger partial charge < -0.3 is 24.8 Å². The lowest BCUT2D eigenvalue weighted by molar-refractivity contribution is 0.0536. The van der Waals surface area contributed by atoms with Crippen LogP contribution in [-0.2, 0) is 9.84 Å². The minimum absolute atomic E-state index is 0.0159. The summed E-state index contributed by atoms with van der Waals surface area (Å²) >= 11 is 5.48. The van der Waals surface area contributed by atoms with Crippen LogP contribution >= 0.6 is 11.6 Å². The molecule has 2 aromatic carbocycles. The highest BCUT2D eigenvalue weighted by Crippen LogP contribution is 2.25. The van der Waals surface area contributed by atoms with Crippen molar-refractivity contribution < 1.29 is 33.2 Å². The molecule has 0 radical (unpaired) electrons. The van der Waals surface area contributed by atoms with Gasteiger partial charge in [-0.3, -0.25) is 0 Å². The van der Waals surface area contributed by atoms with E-state index in [0.717, 1.165) is 0 Å². The highest BCUT2D eigenvalue weighted by atomic mass is 35.5. The first-order valence-electron chi connectivity index (χ1n) is 8.10. The lowest BCUT2D eigenvalue weighted by Crippen LogP contribution is -2.21. The van der Waals surface area contributed by atoms with E-state index >= 15 is 0 Å². The molecule has 3 N–H and O–H groups in total. The Hall–Kier alpha value is -1.84. The molecular weight excluding hydrogens is 396 g/mol. The van der Waals surface area contributed by atoms with Crippen LogP contribution in [-0.4, -0.2) is 61.6 Å². The van der Waals surface area contributed by atoms with E-state index in [1.54, 1.807) is 0 Å². The van der Waals surface area contributed by atoms with Gasteiger partial charge in [-0.1, -0.05) is 0 Å². The van der Waals surface area contributed by atoms with Gasteiger partial charge in [-0.2, -0.15) is 0 Å².